The van der Waals surface area contributed by atoms with Gasteiger partial charge in [-0.15, -0.1) is 0 Å². The maximum atomic E-state index is 4.14. The van der Waals surface area contributed by atoms with Crippen molar-refractivity contribution in [2.75, 3.05) is 13.6 Å². The SMILES string of the molecule is CN1CCC[C@H]1c1cccnc1.N.O. The third-order valence-corrected chi connectivity index (χ3v) is 2.59. The van der Waals surface area contributed by atoms with Crippen molar-refractivity contribution >= 4 is 0 Å². The predicted octanol–water partition coefficient (Wildman–Crippen LogP) is 1.19. The van der Waals surface area contributed by atoms with E-state index in [2.05, 4.69) is 23.0 Å². The number of pyridine rings is 1. The lowest BCUT2D eigenvalue weighted by molar-refractivity contribution is 0.317. The van der Waals surface area contributed by atoms with E-state index in [9.17, 15) is 0 Å². The van der Waals surface area contributed by atoms with Crippen molar-refractivity contribution in [2.24, 2.45) is 0 Å². The van der Waals surface area contributed by atoms with Gasteiger partial charge in [-0.25, -0.2) is 0 Å². The number of rotatable bonds is 1. The molecule has 1 aliphatic rings. The number of hydrogen-bond donors (Lipinski definition) is 1. The molecular weight excluding hydrogens is 178 g/mol. The second-order valence-electron chi connectivity index (χ2n) is 3.42. The maximum absolute atomic E-state index is 4.14. The van der Waals surface area contributed by atoms with Gasteiger partial charge in [-0.2, -0.15) is 0 Å². The first-order valence-electron chi connectivity index (χ1n) is 4.48. The zero-order valence-corrected chi connectivity index (χ0v) is 8.61. The van der Waals surface area contributed by atoms with Gasteiger partial charge in [0.15, 0.2) is 0 Å². The standard InChI is InChI=1S/C10H14N2.H3N.H2O/c1-12-7-3-5-10(12)9-4-2-6-11-8-9;;/h2,4,6,8,10H,3,5,7H2,1H3;1H3;1H2/t10-;;/m0../s1. The molecule has 14 heavy (non-hydrogen) atoms. The molecule has 0 spiro atoms. The molecule has 4 nitrogen and oxygen atoms in total. The summed E-state index contributed by atoms with van der Waals surface area (Å²) in [6.07, 6.45) is 6.41. The Bertz CT molecular complexity index is 253. The minimum Gasteiger partial charge on any atom is -0.412 e. The third-order valence-electron chi connectivity index (χ3n) is 2.59. The summed E-state index contributed by atoms with van der Waals surface area (Å²) >= 11 is 0. The van der Waals surface area contributed by atoms with Gasteiger partial charge >= 0.3 is 0 Å². The number of hydrogen-bond acceptors (Lipinski definition) is 3. The summed E-state index contributed by atoms with van der Waals surface area (Å²) in [5.74, 6) is 0. The second-order valence-corrected chi connectivity index (χ2v) is 3.42. The molecule has 1 aromatic rings. The minimum absolute atomic E-state index is 0. The second kappa shape index (κ2) is 5.70. The largest absolute Gasteiger partial charge is 0.412 e. The van der Waals surface area contributed by atoms with Crippen molar-refractivity contribution in [3.63, 3.8) is 0 Å². The van der Waals surface area contributed by atoms with Gasteiger partial charge in [0.05, 0.1) is 0 Å². The van der Waals surface area contributed by atoms with E-state index >= 15 is 0 Å². The first kappa shape index (κ1) is 13.0. The molecule has 5 N–H and O–H groups in total. The molecule has 1 atom stereocenters. The van der Waals surface area contributed by atoms with Crippen LogP contribution in [0.15, 0.2) is 24.5 Å². The lowest BCUT2D eigenvalue weighted by Crippen LogP contribution is -2.17. The van der Waals surface area contributed by atoms with Crippen LogP contribution >= 0.6 is 0 Å². The van der Waals surface area contributed by atoms with E-state index in [0.29, 0.717) is 6.04 Å². The summed E-state index contributed by atoms with van der Waals surface area (Å²) in [4.78, 5) is 6.54. The van der Waals surface area contributed by atoms with Crippen LogP contribution in [0.5, 0.6) is 0 Å². The predicted molar refractivity (Wildman–Crippen MR) is 57.5 cm³/mol. The van der Waals surface area contributed by atoms with E-state index in [1.165, 1.54) is 24.9 Å². The molecule has 1 saturated heterocycles. The van der Waals surface area contributed by atoms with E-state index in [0.717, 1.165) is 0 Å². The normalized spacial score (nSPS) is 21.1. The Morgan fingerprint density at radius 2 is 2.29 bits per heavy atom. The van der Waals surface area contributed by atoms with Crippen LogP contribution in [0.25, 0.3) is 0 Å². The molecule has 0 radical (unpaired) electrons. The highest BCUT2D eigenvalue weighted by Gasteiger charge is 2.21. The Balaban J connectivity index is 0.000000845. The molecule has 0 bridgehead atoms. The maximum Gasteiger partial charge on any atom is 0.0360 e. The van der Waals surface area contributed by atoms with Gasteiger partial charge in [0, 0.05) is 18.4 Å². The Labute approximate surface area is 84.8 Å². The van der Waals surface area contributed by atoms with Gasteiger partial charge in [0.2, 0.25) is 0 Å². The minimum atomic E-state index is 0. The molecule has 1 fully saturated rings. The molecule has 0 amide bonds. The fraction of sp³-hybridized carbons (Fsp3) is 0.500. The van der Waals surface area contributed by atoms with Crippen LogP contribution < -0.4 is 6.15 Å². The topological polar surface area (TPSA) is 82.6 Å². The summed E-state index contributed by atoms with van der Waals surface area (Å²) in [5.41, 5.74) is 1.36. The summed E-state index contributed by atoms with van der Waals surface area (Å²) in [6, 6.07) is 4.79. The van der Waals surface area contributed by atoms with Crippen molar-refractivity contribution < 1.29 is 5.48 Å². The fourth-order valence-electron chi connectivity index (χ4n) is 1.90. The fourth-order valence-corrected chi connectivity index (χ4v) is 1.90. The van der Waals surface area contributed by atoms with Crippen LogP contribution in [0.1, 0.15) is 24.4 Å². The zero-order chi connectivity index (χ0) is 8.39. The Morgan fingerprint density at radius 1 is 1.50 bits per heavy atom. The van der Waals surface area contributed by atoms with Gasteiger partial charge in [0.25, 0.3) is 0 Å². The molecule has 0 saturated carbocycles. The van der Waals surface area contributed by atoms with E-state index in [4.69, 9.17) is 0 Å². The van der Waals surface area contributed by atoms with Gasteiger partial charge in [-0.05, 0) is 38.1 Å². The molecular formula is C10H19N3O. The molecule has 80 valence electrons. The quantitative estimate of drug-likeness (QED) is 0.734. The van der Waals surface area contributed by atoms with Crippen molar-refractivity contribution in [3.8, 4) is 0 Å². The average molecular weight is 197 g/mol. The molecule has 2 heterocycles. The first-order chi connectivity index (χ1) is 5.88. The van der Waals surface area contributed by atoms with Gasteiger partial charge in [-0.1, -0.05) is 6.07 Å². The van der Waals surface area contributed by atoms with E-state index in [1.807, 2.05) is 18.5 Å². The Morgan fingerprint density at radius 3 is 2.79 bits per heavy atom. The molecule has 0 unspecified atom stereocenters. The van der Waals surface area contributed by atoms with Crippen molar-refractivity contribution in [2.45, 2.75) is 18.9 Å². The highest BCUT2D eigenvalue weighted by Crippen LogP contribution is 2.29. The van der Waals surface area contributed by atoms with Gasteiger partial charge < -0.3 is 11.6 Å². The van der Waals surface area contributed by atoms with E-state index in [-0.39, 0.29) is 11.6 Å². The summed E-state index contributed by atoms with van der Waals surface area (Å²) in [7, 11) is 2.19. The van der Waals surface area contributed by atoms with Crippen molar-refractivity contribution in [3.05, 3.63) is 30.1 Å². The van der Waals surface area contributed by atoms with Crippen LogP contribution in [0.3, 0.4) is 0 Å². The van der Waals surface area contributed by atoms with E-state index < -0.39 is 0 Å². The highest BCUT2D eigenvalue weighted by atomic mass is 16.0. The van der Waals surface area contributed by atoms with Crippen LogP contribution in [-0.4, -0.2) is 29.0 Å². The van der Waals surface area contributed by atoms with Gasteiger partial charge in [-0.3, -0.25) is 9.88 Å². The Kier molecular flexibility index (Phi) is 5.30. The third kappa shape index (κ3) is 2.51. The summed E-state index contributed by atoms with van der Waals surface area (Å²) in [6.45, 7) is 1.22. The lowest BCUT2D eigenvalue weighted by Gasteiger charge is -2.18. The molecule has 4 heteroatoms. The number of nitrogens with zero attached hydrogens (tertiary/aromatic N) is 2. The van der Waals surface area contributed by atoms with Gasteiger partial charge in [0.1, 0.15) is 0 Å². The van der Waals surface area contributed by atoms with E-state index in [1.54, 1.807) is 0 Å². The van der Waals surface area contributed by atoms with Crippen LogP contribution in [0.4, 0.5) is 0 Å². The zero-order valence-electron chi connectivity index (χ0n) is 8.61. The van der Waals surface area contributed by atoms with Crippen LogP contribution in [-0.2, 0) is 0 Å². The first-order valence-corrected chi connectivity index (χ1v) is 4.48. The monoisotopic (exact) mass is 197 g/mol. The summed E-state index contributed by atoms with van der Waals surface area (Å²) < 4.78 is 0. The van der Waals surface area contributed by atoms with Crippen LogP contribution in [0, 0.1) is 0 Å². The number of likely N-dealkylation sites (tertiary alicyclic amines) is 1. The van der Waals surface area contributed by atoms with Crippen molar-refractivity contribution in [1.82, 2.24) is 16.0 Å². The number of aromatic nitrogens is 1. The molecule has 1 aliphatic heterocycles. The smallest absolute Gasteiger partial charge is 0.0360 e. The van der Waals surface area contributed by atoms with Crippen molar-refractivity contribution in [1.29, 1.82) is 0 Å². The molecule has 1 aromatic heterocycles. The molecule has 0 aromatic carbocycles. The summed E-state index contributed by atoms with van der Waals surface area (Å²) in [5, 5.41) is 0. The van der Waals surface area contributed by atoms with Crippen LogP contribution in [0.2, 0.25) is 0 Å². The lowest BCUT2D eigenvalue weighted by atomic mass is 10.1. The highest BCUT2D eigenvalue weighted by molar-refractivity contribution is 5.14. The molecule has 2 rings (SSSR count). The molecule has 0 aliphatic carbocycles. The Hall–Kier alpha value is -0.970. The average Bonchev–Trinajstić information content (AvgIpc) is 2.53.